The van der Waals surface area contributed by atoms with Crippen molar-refractivity contribution in [3.05, 3.63) is 132 Å². The van der Waals surface area contributed by atoms with Gasteiger partial charge in [0.2, 0.25) is 5.91 Å². The van der Waals surface area contributed by atoms with Crippen LogP contribution in [0.15, 0.2) is 109 Å². The molecule has 1 saturated heterocycles. The third-order valence-electron chi connectivity index (χ3n) is 11.9. The summed E-state index contributed by atoms with van der Waals surface area (Å²) in [4.78, 5) is 33.3. The number of carbonyl (C=O) groups is 2. The predicted octanol–water partition coefficient (Wildman–Crippen LogP) is 6.34. The van der Waals surface area contributed by atoms with E-state index in [1.54, 1.807) is 7.11 Å². The number of hydrogen-bond acceptors (Lipinski definition) is 7. The Kier molecular flexibility index (Phi) is 10.1. The summed E-state index contributed by atoms with van der Waals surface area (Å²) < 4.78 is 14.6. The largest absolute Gasteiger partial charge is 0.497 e. The Labute approximate surface area is 327 Å². The Hall–Kier alpha value is -5.56. The first-order valence-electron chi connectivity index (χ1n) is 19.3. The van der Waals surface area contributed by atoms with Crippen molar-refractivity contribution >= 4 is 47.4 Å². The highest BCUT2D eigenvalue weighted by molar-refractivity contribution is 6.91. The number of carbonyl (C=O) groups excluding carboxylic acids is 2. The minimum absolute atomic E-state index is 0.0133. The first kappa shape index (κ1) is 37.4. The van der Waals surface area contributed by atoms with Gasteiger partial charge in [0.15, 0.2) is 5.60 Å². The van der Waals surface area contributed by atoms with Crippen molar-refractivity contribution in [1.29, 1.82) is 0 Å². The Bertz CT molecular complexity index is 2360. The molecule has 0 unspecified atom stereocenters. The van der Waals surface area contributed by atoms with Crippen LogP contribution >= 0.6 is 0 Å². The van der Waals surface area contributed by atoms with Crippen molar-refractivity contribution in [3.8, 4) is 5.75 Å². The lowest BCUT2D eigenvalue weighted by Gasteiger charge is -2.37. The van der Waals surface area contributed by atoms with Gasteiger partial charge in [0.05, 0.1) is 45.6 Å². The van der Waals surface area contributed by atoms with E-state index < -0.39 is 13.7 Å². The van der Waals surface area contributed by atoms with E-state index in [-0.39, 0.29) is 42.4 Å². The van der Waals surface area contributed by atoms with Crippen LogP contribution in [0.3, 0.4) is 0 Å². The summed E-state index contributed by atoms with van der Waals surface area (Å²) in [5.41, 5.74) is 5.01. The maximum Gasteiger partial charge on any atom is 0.264 e. The standard InChI is InChI=1S/C44H48N6O5Si/c1-29-42(56(3,4)35-19-17-34(54-2)18-20-35)40(21-23-49-28-33(22-24-51)47-48-49)55-44(29)37-10-6-8-12-39(37)50(43(44)53)27-30-13-15-32(16-14-30)46-41(52)25-31-26-45-38-11-7-5-9-36(31)38/h5-20,26,28-29,40,42,45,51H,21-25,27H2,1-4H3,(H,46,52)/t29-,40+,42-,44+/m0/s1. The number of nitrogens with one attached hydrogen (secondary N) is 2. The van der Waals surface area contributed by atoms with Gasteiger partial charge in [0, 0.05) is 60.0 Å². The molecule has 0 bridgehead atoms. The number of aliphatic hydroxyl groups is 1. The molecule has 0 saturated carbocycles. The number of methoxy groups -OCH3 is 1. The van der Waals surface area contributed by atoms with E-state index in [2.05, 4.69) is 58.8 Å². The number of H-pyrrole nitrogens is 1. The topological polar surface area (TPSA) is 135 Å². The SMILES string of the molecule is COc1ccc([Si](C)(C)[C@@H]2[C@@H](CCn3cc(CCO)nn3)O[C@]3(C(=O)N(Cc4ccc(NC(=O)Cc5c[nH]c6ccccc56)cc4)c4ccccc43)[C@H]2C)cc1. The number of amides is 2. The van der Waals surface area contributed by atoms with Crippen LogP contribution < -0.4 is 20.1 Å². The van der Waals surface area contributed by atoms with Crippen molar-refractivity contribution in [2.45, 2.75) is 69.6 Å². The highest BCUT2D eigenvalue weighted by Gasteiger charge is 2.66. The van der Waals surface area contributed by atoms with Crippen molar-refractivity contribution in [2.24, 2.45) is 5.92 Å². The van der Waals surface area contributed by atoms with E-state index in [1.807, 2.05) is 101 Å². The number of anilines is 2. The van der Waals surface area contributed by atoms with Crippen LogP contribution in [0.1, 0.15) is 35.7 Å². The van der Waals surface area contributed by atoms with Crippen molar-refractivity contribution in [3.63, 3.8) is 0 Å². The van der Waals surface area contributed by atoms with Gasteiger partial charge in [-0.05, 0) is 59.5 Å². The fourth-order valence-electron chi connectivity index (χ4n) is 9.16. The first-order valence-corrected chi connectivity index (χ1v) is 22.4. The van der Waals surface area contributed by atoms with Gasteiger partial charge < -0.3 is 29.8 Å². The summed E-state index contributed by atoms with van der Waals surface area (Å²) in [6.45, 7) is 7.90. The van der Waals surface area contributed by atoms with E-state index >= 15 is 4.79 Å². The molecule has 11 nitrogen and oxygen atoms in total. The molecule has 56 heavy (non-hydrogen) atoms. The number of para-hydroxylation sites is 2. The summed E-state index contributed by atoms with van der Waals surface area (Å²) in [7, 11) is -0.639. The predicted molar refractivity (Wildman–Crippen MR) is 220 cm³/mol. The molecular weight excluding hydrogens is 721 g/mol. The van der Waals surface area contributed by atoms with Crippen LogP contribution in [0.25, 0.3) is 10.9 Å². The van der Waals surface area contributed by atoms with Crippen LogP contribution in [0, 0.1) is 5.92 Å². The molecule has 4 aromatic carbocycles. The number of rotatable bonds is 13. The number of hydrogen-bond donors (Lipinski definition) is 3. The highest BCUT2D eigenvalue weighted by atomic mass is 28.3. The van der Waals surface area contributed by atoms with Crippen LogP contribution in [0.2, 0.25) is 18.6 Å². The molecule has 2 amide bonds. The Morgan fingerprint density at radius 3 is 2.54 bits per heavy atom. The van der Waals surface area contributed by atoms with Gasteiger partial charge in [0.25, 0.3) is 5.91 Å². The molecule has 8 rings (SSSR count). The van der Waals surface area contributed by atoms with Gasteiger partial charge in [-0.2, -0.15) is 0 Å². The number of nitrogens with zero attached hydrogens (tertiary/aromatic N) is 4. The number of fused-ring (bicyclic) bond motifs is 3. The molecule has 4 heterocycles. The molecule has 12 heteroatoms. The molecule has 0 aliphatic carbocycles. The zero-order valence-corrected chi connectivity index (χ0v) is 33.2. The molecule has 3 N–H and O–H groups in total. The fourth-order valence-corrected chi connectivity index (χ4v) is 13.2. The minimum atomic E-state index is -2.31. The monoisotopic (exact) mass is 768 g/mol. The summed E-state index contributed by atoms with van der Waals surface area (Å²) in [6, 6.07) is 32.1. The summed E-state index contributed by atoms with van der Waals surface area (Å²) in [5.74, 6) is 0.523. The number of aromatic amines is 1. The first-order chi connectivity index (χ1) is 27.1. The van der Waals surface area contributed by atoms with Crippen LogP contribution in [0.4, 0.5) is 11.4 Å². The average molecular weight is 769 g/mol. The molecule has 6 aromatic rings. The number of aryl methyl sites for hydroxylation is 1. The Morgan fingerprint density at radius 2 is 1.77 bits per heavy atom. The van der Waals surface area contributed by atoms with Crippen molar-refractivity contribution in [2.75, 3.05) is 23.9 Å². The third-order valence-corrected chi connectivity index (χ3v) is 16.3. The van der Waals surface area contributed by atoms with Gasteiger partial charge in [-0.3, -0.25) is 14.3 Å². The molecule has 288 valence electrons. The fraction of sp³-hybridized carbons (Fsp3) is 0.318. The van der Waals surface area contributed by atoms with Crippen LogP contribution in [0.5, 0.6) is 5.75 Å². The summed E-state index contributed by atoms with van der Waals surface area (Å²) >= 11 is 0. The average Bonchev–Trinajstić information content (AvgIpc) is 3.96. The number of ether oxygens (including phenoxy) is 2. The Balaban J connectivity index is 1.05. The molecular formula is C44H48N6O5Si. The number of aromatic nitrogens is 4. The second-order valence-electron chi connectivity index (χ2n) is 15.6. The molecule has 2 aliphatic rings. The zero-order valence-electron chi connectivity index (χ0n) is 32.2. The number of benzene rings is 4. The van der Waals surface area contributed by atoms with Crippen LogP contribution in [-0.4, -0.2) is 64.8 Å². The summed E-state index contributed by atoms with van der Waals surface area (Å²) in [6.07, 6.45) is 4.89. The maximum atomic E-state index is 15.1. The summed E-state index contributed by atoms with van der Waals surface area (Å²) in [5, 5.41) is 23.3. The van der Waals surface area contributed by atoms with Gasteiger partial charge in [-0.1, -0.05) is 91.1 Å². The van der Waals surface area contributed by atoms with E-state index in [0.717, 1.165) is 44.7 Å². The lowest BCUT2D eigenvalue weighted by molar-refractivity contribution is -0.146. The second kappa shape index (κ2) is 15.2. The maximum absolute atomic E-state index is 15.1. The Morgan fingerprint density at radius 1 is 1.02 bits per heavy atom. The molecule has 4 atom stereocenters. The smallest absolute Gasteiger partial charge is 0.264 e. The van der Waals surface area contributed by atoms with Crippen LogP contribution in [-0.2, 0) is 45.9 Å². The molecule has 1 spiro atoms. The molecule has 2 aliphatic heterocycles. The highest BCUT2D eigenvalue weighted by Crippen LogP contribution is 2.60. The lowest BCUT2D eigenvalue weighted by atomic mass is 9.82. The van der Waals surface area contributed by atoms with E-state index in [4.69, 9.17) is 9.47 Å². The van der Waals surface area contributed by atoms with Gasteiger partial charge in [-0.15, -0.1) is 5.10 Å². The molecule has 0 radical (unpaired) electrons. The normalized spacial score (nSPS) is 20.6. The van der Waals surface area contributed by atoms with Gasteiger partial charge in [-0.25, -0.2) is 0 Å². The lowest BCUT2D eigenvalue weighted by Crippen LogP contribution is -2.51. The van der Waals surface area contributed by atoms with Crippen molar-refractivity contribution < 1.29 is 24.2 Å². The molecule has 1 fully saturated rings. The quantitative estimate of drug-likeness (QED) is 0.117. The van der Waals surface area contributed by atoms with E-state index in [9.17, 15) is 9.90 Å². The number of aliphatic hydroxyl groups excluding tert-OH is 1. The minimum Gasteiger partial charge on any atom is -0.497 e. The van der Waals surface area contributed by atoms with Gasteiger partial charge in [0.1, 0.15) is 5.75 Å². The third kappa shape index (κ3) is 6.71. The zero-order chi connectivity index (χ0) is 39.0. The van der Waals surface area contributed by atoms with E-state index in [1.165, 1.54) is 5.19 Å². The van der Waals surface area contributed by atoms with E-state index in [0.29, 0.717) is 31.6 Å². The second-order valence-corrected chi connectivity index (χ2v) is 20.3. The van der Waals surface area contributed by atoms with Gasteiger partial charge >= 0.3 is 0 Å². The van der Waals surface area contributed by atoms with Crippen molar-refractivity contribution in [1.82, 2.24) is 20.0 Å². The molecule has 2 aromatic heterocycles.